The molecule has 0 spiro atoms. The van der Waals surface area contributed by atoms with Crippen LogP contribution in [0.5, 0.6) is 5.75 Å². The van der Waals surface area contributed by atoms with Crippen molar-refractivity contribution in [1.82, 2.24) is 14.8 Å². The van der Waals surface area contributed by atoms with Gasteiger partial charge in [0.05, 0.1) is 6.61 Å². The molecule has 5 heteroatoms. The first-order valence-corrected chi connectivity index (χ1v) is 8.44. The number of aromatic nitrogens is 3. The number of aryl methyl sites for hydroxylation is 3. The molecule has 2 rings (SSSR count). The normalized spacial score (nSPS) is 10.7. The van der Waals surface area contributed by atoms with Gasteiger partial charge in [0, 0.05) is 12.3 Å². The number of ether oxygens (including phenoxy) is 1. The molecule has 0 atom stereocenters. The molecule has 0 fully saturated rings. The summed E-state index contributed by atoms with van der Waals surface area (Å²) in [6.45, 7) is 11.4. The van der Waals surface area contributed by atoms with Gasteiger partial charge in [-0.15, -0.1) is 16.8 Å². The molecule has 22 heavy (non-hydrogen) atoms. The molecule has 118 valence electrons. The highest BCUT2D eigenvalue weighted by molar-refractivity contribution is 7.99. The number of rotatable bonds is 8. The van der Waals surface area contributed by atoms with Crippen LogP contribution in [-0.2, 0) is 6.54 Å². The zero-order chi connectivity index (χ0) is 15.9. The maximum absolute atomic E-state index is 5.79. The van der Waals surface area contributed by atoms with Crippen molar-refractivity contribution in [1.29, 1.82) is 0 Å². The lowest BCUT2D eigenvalue weighted by Gasteiger charge is -2.08. The lowest BCUT2D eigenvalue weighted by Crippen LogP contribution is -2.02. The first kappa shape index (κ1) is 16.6. The molecular formula is C17H23N3OS. The van der Waals surface area contributed by atoms with Crippen molar-refractivity contribution in [2.24, 2.45) is 0 Å². The van der Waals surface area contributed by atoms with Crippen LogP contribution in [0.2, 0.25) is 0 Å². The quantitative estimate of drug-likeness (QED) is 0.420. The fraction of sp³-hybridized carbons (Fsp3) is 0.412. The average molecular weight is 317 g/mol. The van der Waals surface area contributed by atoms with E-state index in [4.69, 9.17) is 4.74 Å². The van der Waals surface area contributed by atoms with Crippen LogP contribution in [0.25, 0.3) is 0 Å². The summed E-state index contributed by atoms with van der Waals surface area (Å²) in [6, 6.07) is 6.21. The Morgan fingerprint density at radius 1 is 1.23 bits per heavy atom. The number of hydrogen-bond acceptors (Lipinski definition) is 4. The molecule has 1 heterocycles. The van der Waals surface area contributed by atoms with Crippen molar-refractivity contribution in [3.8, 4) is 5.75 Å². The molecule has 0 amide bonds. The molecule has 0 aliphatic carbocycles. The van der Waals surface area contributed by atoms with Crippen molar-refractivity contribution in [3.05, 3.63) is 47.8 Å². The van der Waals surface area contributed by atoms with Gasteiger partial charge >= 0.3 is 0 Å². The SMILES string of the molecule is C=CCn1c(C)nnc1SCCCOc1ccc(C)c(C)c1. The monoisotopic (exact) mass is 317 g/mol. The Hall–Kier alpha value is -1.75. The third-order valence-corrected chi connectivity index (χ3v) is 4.53. The minimum absolute atomic E-state index is 0.712. The van der Waals surface area contributed by atoms with Crippen LogP contribution < -0.4 is 4.74 Å². The number of thioether (sulfide) groups is 1. The van der Waals surface area contributed by atoms with Crippen LogP contribution in [0.1, 0.15) is 23.4 Å². The molecule has 0 aliphatic heterocycles. The second-order valence-electron chi connectivity index (χ2n) is 5.23. The maximum Gasteiger partial charge on any atom is 0.191 e. The summed E-state index contributed by atoms with van der Waals surface area (Å²) in [7, 11) is 0. The molecule has 0 saturated heterocycles. The molecule has 0 unspecified atom stereocenters. The largest absolute Gasteiger partial charge is 0.494 e. The predicted molar refractivity (Wildman–Crippen MR) is 91.7 cm³/mol. The van der Waals surface area contributed by atoms with Crippen LogP contribution in [0.3, 0.4) is 0 Å². The van der Waals surface area contributed by atoms with Gasteiger partial charge in [0.15, 0.2) is 5.16 Å². The van der Waals surface area contributed by atoms with E-state index >= 15 is 0 Å². The van der Waals surface area contributed by atoms with E-state index in [1.54, 1.807) is 11.8 Å². The van der Waals surface area contributed by atoms with Crippen molar-refractivity contribution in [2.75, 3.05) is 12.4 Å². The first-order chi connectivity index (χ1) is 10.6. The zero-order valence-corrected chi connectivity index (χ0v) is 14.3. The van der Waals surface area contributed by atoms with Crippen molar-refractivity contribution >= 4 is 11.8 Å². The number of nitrogens with zero attached hydrogens (tertiary/aromatic N) is 3. The van der Waals surface area contributed by atoms with E-state index < -0.39 is 0 Å². The molecule has 0 N–H and O–H groups in total. The van der Waals surface area contributed by atoms with E-state index in [1.807, 2.05) is 19.1 Å². The second-order valence-corrected chi connectivity index (χ2v) is 6.29. The van der Waals surface area contributed by atoms with Crippen molar-refractivity contribution in [3.63, 3.8) is 0 Å². The molecule has 0 radical (unpaired) electrons. The van der Waals surface area contributed by atoms with Crippen molar-refractivity contribution < 1.29 is 4.74 Å². The maximum atomic E-state index is 5.79. The number of hydrogen-bond donors (Lipinski definition) is 0. The smallest absolute Gasteiger partial charge is 0.191 e. The van der Waals surface area contributed by atoms with Gasteiger partial charge in [0.25, 0.3) is 0 Å². The first-order valence-electron chi connectivity index (χ1n) is 7.45. The van der Waals surface area contributed by atoms with E-state index in [-0.39, 0.29) is 0 Å². The Morgan fingerprint density at radius 3 is 2.77 bits per heavy atom. The van der Waals surface area contributed by atoms with Crippen molar-refractivity contribution in [2.45, 2.75) is 38.9 Å². The number of allylic oxidation sites excluding steroid dienone is 1. The summed E-state index contributed by atoms with van der Waals surface area (Å²) in [5.41, 5.74) is 2.56. The Labute approximate surface area is 136 Å². The third-order valence-electron chi connectivity index (χ3n) is 3.48. The highest BCUT2D eigenvalue weighted by Crippen LogP contribution is 2.19. The molecule has 0 bridgehead atoms. The van der Waals surface area contributed by atoms with Gasteiger partial charge in [-0.1, -0.05) is 23.9 Å². The minimum Gasteiger partial charge on any atom is -0.494 e. The Bertz CT molecular complexity index is 637. The molecule has 1 aromatic heterocycles. The fourth-order valence-electron chi connectivity index (χ4n) is 2.02. The summed E-state index contributed by atoms with van der Waals surface area (Å²) in [5.74, 6) is 2.83. The van der Waals surface area contributed by atoms with Crippen LogP contribution in [-0.4, -0.2) is 27.1 Å². The highest BCUT2D eigenvalue weighted by atomic mass is 32.2. The molecule has 0 aliphatic rings. The fourth-order valence-corrected chi connectivity index (χ4v) is 2.93. The van der Waals surface area contributed by atoms with Crippen LogP contribution in [0, 0.1) is 20.8 Å². The molecule has 2 aromatic rings. The van der Waals surface area contributed by atoms with E-state index in [9.17, 15) is 0 Å². The number of benzene rings is 1. The standard InChI is InChI=1S/C17H23N3OS/c1-5-9-20-15(4)18-19-17(20)22-11-6-10-21-16-8-7-13(2)14(3)12-16/h5,7-8,12H,1,6,9-11H2,2-4H3. The van der Waals surface area contributed by atoms with E-state index in [2.05, 4.69) is 47.3 Å². The van der Waals surface area contributed by atoms with Gasteiger partial charge in [0.2, 0.25) is 0 Å². The van der Waals surface area contributed by atoms with Gasteiger partial charge in [0.1, 0.15) is 11.6 Å². The lowest BCUT2D eigenvalue weighted by molar-refractivity contribution is 0.318. The Kier molecular flexibility index (Phi) is 6.07. The molecule has 0 saturated carbocycles. The third kappa shape index (κ3) is 4.37. The minimum atomic E-state index is 0.712. The van der Waals surface area contributed by atoms with Crippen LogP contribution >= 0.6 is 11.8 Å². The van der Waals surface area contributed by atoms with E-state index in [0.29, 0.717) is 6.61 Å². The highest BCUT2D eigenvalue weighted by Gasteiger charge is 2.07. The van der Waals surface area contributed by atoms with E-state index in [0.717, 1.165) is 35.4 Å². The Balaban J connectivity index is 1.75. The lowest BCUT2D eigenvalue weighted by atomic mass is 10.1. The van der Waals surface area contributed by atoms with Gasteiger partial charge in [-0.25, -0.2) is 0 Å². The average Bonchev–Trinajstić information content (AvgIpc) is 2.84. The van der Waals surface area contributed by atoms with Gasteiger partial charge in [-0.05, 0) is 50.5 Å². The summed E-state index contributed by atoms with van der Waals surface area (Å²) in [4.78, 5) is 0. The molecular weight excluding hydrogens is 294 g/mol. The summed E-state index contributed by atoms with van der Waals surface area (Å²) in [6.07, 6.45) is 2.83. The van der Waals surface area contributed by atoms with Crippen LogP contribution in [0.4, 0.5) is 0 Å². The topological polar surface area (TPSA) is 39.9 Å². The van der Waals surface area contributed by atoms with Gasteiger partial charge in [-0.2, -0.15) is 0 Å². The second kappa shape index (κ2) is 8.03. The summed E-state index contributed by atoms with van der Waals surface area (Å²) in [5, 5.41) is 9.26. The van der Waals surface area contributed by atoms with Crippen LogP contribution in [0.15, 0.2) is 36.0 Å². The predicted octanol–water partition coefficient (Wildman–Crippen LogP) is 3.95. The van der Waals surface area contributed by atoms with E-state index in [1.165, 1.54) is 11.1 Å². The summed E-state index contributed by atoms with van der Waals surface area (Å²) >= 11 is 1.71. The molecule has 1 aromatic carbocycles. The van der Waals surface area contributed by atoms with Gasteiger partial charge < -0.3 is 9.30 Å². The van der Waals surface area contributed by atoms with Gasteiger partial charge in [-0.3, -0.25) is 0 Å². The molecule has 4 nitrogen and oxygen atoms in total. The summed E-state index contributed by atoms with van der Waals surface area (Å²) < 4.78 is 7.86. The zero-order valence-electron chi connectivity index (χ0n) is 13.5. The Morgan fingerprint density at radius 2 is 2.05 bits per heavy atom.